The van der Waals surface area contributed by atoms with Gasteiger partial charge in [0.2, 0.25) is 0 Å². The molecule has 3 atom stereocenters. The van der Waals surface area contributed by atoms with Crippen molar-refractivity contribution in [2.75, 3.05) is 6.61 Å². The highest BCUT2D eigenvalue weighted by Gasteiger charge is 2.40. The summed E-state index contributed by atoms with van der Waals surface area (Å²) < 4.78 is 4.60. The van der Waals surface area contributed by atoms with E-state index in [2.05, 4.69) is 4.74 Å². The smallest absolute Gasteiger partial charge is 0.320 e. The predicted molar refractivity (Wildman–Crippen MR) is 68.1 cm³/mol. The maximum Gasteiger partial charge on any atom is 0.320 e. The normalized spacial score (nSPS) is 25.4. The lowest BCUT2D eigenvalue weighted by atomic mass is 10.0. The molecule has 2 rings (SSSR count). The summed E-state index contributed by atoms with van der Waals surface area (Å²) in [7, 11) is 0. The van der Waals surface area contributed by atoms with Gasteiger partial charge in [0.15, 0.2) is 5.92 Å². The van der Waals surface area contributed by atoms with Crippen LogP contribution in [0.1, 0.15) is 52.4 Å². The number of esters is 1. The molecule has 18 heavy (non-hydrogen) atoms. The molecule has 1 N–H and O–H groups in total. The van der Waals surface area contributed by atoms with Crippen LogP contribution in [0.2, 0.25) is 0 Å². The third-order valence-corrected chi connectivity index (χ3v) is 3.67. The molecule has 2 aliphatic rings. The molecule has 2 aliphatic carbocycles. The van der Waals surface area contributed by atoms with Crippen LogP contribution >= 0.6 is 0 Å². The van der Waals surface area contributed by atoms with Gasteiger partial charge in [-0.3, -0.25) is 9.59 Å². The Hall–Kier alpha value is -1.06. The Labute approximate surface area is 109 Å². The fourth-order valence-electron chi connectivity index (χ4n) is 2.53. The van der Waals surface area contributed by atoms with E-state index < -0.39 is 17.9 Å². The molecule has 0 amide bonds. The molecule has 0 bridgehead atoms. The second kappa shape index (κ2) is 7.39. The van der Waals surface area contributed by atoms with E-state index in [4.69, 9.17) is 5.11 Å². The van der Waals surface area contributed by atoms with E-state index in [-0.39, 0.29) is 6.61 Å². The van der Waals surface area contributed by atoms with E-state index in [1.807, 2.05) is 6.92 Å². The van der Waals surface area contributed by atoms with Crippen molar-refractivity contribution in [2.24, 2.45) is 17.8 Å². The van der Waals surface area contributed by atoms with Crippen LogP contribution in [-0.4, -0.2) is 23.7 Å². The number of aliphatic carboxylic acids is 1. The first-order valence-electron chi connectivity index (χ1n) is 6.99. The number of rotatable bonds is 5. The summed E-state index contributed by atoms with van der Waals surface area (Å²) >= 11 is 0. The first-order valence-corrected chi connectivity index (χ1v) is 6.99. The molecule has 0 aromatic carbocycles. The van der Waals surface area contributed by atoms with Gasteiger partial charge in [-0.2, -0.15) is 0 Å². The SMILES string of the molecule is C1CC2CC2C1.CCCC(C(=O)O)C(=O)OCC. The predicted octanol–water partition coefficient (Wildman–Crippen LogP) is 2.86. The second-order valence-electron chi connectivity index (χ2n) is 5.12. The highest BCUT2D eigenvalue weighted by Crippen LogP contribution is 2.51. The van der Waals surface area contributed by atoms with Crippen LogP contribution in [0.25, 0.3) is 0 Å². The van der Waals surface area contributed by atoms with Crippen molar-refractivity contribution in [1.82, 2.24) is 0 Å². The lowest BCUT2D eigenvalue weighted by molar-refractivity contribution is -0.158. The molecule has 2 fully saturated rings. The first-order chi connectivity index (χ1) is 8.60. The molecular formula is C14H24O4. The van der Waals surface area contributed by atoms with Gasteiger partial charge in [-0.25, -0.2) is 0 Å². The Morgan fingerprint density at radius 1 is 1.28 bits per heavy atom. The lowest BCUT2D eigenvalue weighted by Gasteiger charge is -2.08. The average molecular weight is 256 g/mol. The van der Waals surface area contributed by atoms with E-state index in [0.717, 1.165) is 0 Å². The van der Waals surface area contributed by atoms with E-state index in [1.54, 1.807) is 26.2 Å². The number of carbonyl (C=O) groups is 2. The van der Waals surface area contributed by atoms with Gasteiger partial charge in [0.1, 0.15) is 0 Å². The molecule has 4 heteroatoms. The van der Waals surface area contributed by atoms with Gasteiger partial charge in [0.25, 0.3) is 0 Å². The van der Waals surface area contributed by atoms with Crippen molar-refractivity contribution in [3.63, 3.8) is 0 Å². The molecular weight excluding hydrogens is 232 g/mol. The van der Waals surface area contributed by atoms with Gasteiger partial charge in [-0.15, -0.1) is 0 Å². The Bertz CT molecular complexity index is 280. The Morgan fingerprint density at radius 3 is 2.17 bits per heavy atom. The van der Waals surface area contributed by atoms with E-state index in [1.165, 1.54) is 18.3 Å². The zero-order valence-corrected chi connectivity index (χ0v) is 11.4. The zero-order valence-electron chi connectivity index (χ0n) is 11.4. The largest absolute Gasteiger partial charge is 0.481 e. The highest BCUT2D eigenvalue weighted by atomic mass is 16.5. The molecule has 2 saturated carbocycles. The van der Waals surface area contributed by atoms with Gasteiger partial charge in [-0.05, 0) is 31.6 Å². The summed E-state index contributed by atoms with van der Waals surface area (Å²) in [6, 6.07) is 0. The number of carbonyl (C=O) groups excluding carboxylic acids is 1. The molecule has 0 aromatic heterocycles. The Kier molecular flexibility index (Phi) is 6.16. The van der Waals surface area contributed by atoms with Crippen molar-refractivity contribution < 1.29 is 19.4 Å². The standard InChI is InChI=1S/C8H14O4.C6H10/c1-3-5-6(7(9)10)8(11)12-4-2;1-2-5-4-6(5)3-1/h6H,3-5H2,1-2H3,(H,9,10);5-6H,1-4H2. The molecule has 4 nitrogen and oxygen atoms in total. The third kappa shape index (κ3) is 4.67. The molecule has 0 radical (unpaired) electrons. The monoisotopic (exact) mass is 256 g/mol. The van der Waals surface area contributed by atoms with E-state index in [0.29, 0.717) is 12.8 Å². The fourth-order valence-corrected chi connectivity index (χ4v) is 2.53. The van der Waals surface area contributed by atoms with Crippen molar-refractivity contribution in [3.8, 4) is 0 Å². The quantitative estimate of drug-likeness (QED) is 0.607. The van der Waals surface area contributed by atoms with Crippen LogP contribution in [0, 0.1) is 17.8 Å². The van der Waals surface area contributed by atoms with Crippen LogP contribution in [0.15, 0.2) is 0 Å². The van der Waals surface area contributed by atoms with Crippen molar-refractivity contribution in [2.45, 2.75) is 52.4 Å². The summed E-state index contributed by atoms with van der Waals surface area (Å²) in [5.41, 5.74) is 0. The number of ether oxygens (including phenoxy) is 1. The fraction of sp³-hybridized carbons (Fsp3) is 0.857. The topological polar surface area (TPSA) is 63.6 Å². The minimum atomic E-state index is -1.10. The maximum atomic E-state index is 11.0. The second-order valence-corrected chi connectivity index (χ2v) is 5.12. The summed E-state index contributed by atoms with van der Waals surface area (Å²) in [6.07, 6.45) is 7.24. The van der Waals surface area contributed by atoms with Gasteiger partial charge in [-0.1, -0.05) is 32.6 Å². The van der Waals surface area contributed by atoms with Crippen LogP contribution < -0.4 is 0 Å². The van der Waals surface area contributed by atoms with Gasteiger partial charge >= 0.3 is 11.9 Å². The number of carboxylic acids is 1. The van der Waals surface area contributed by atoms with E-state index in [9.17, 15) is 9.59 Å². The molecule has 0 aliphatic heterocycles. The number of fused-ring (bicyclic) bond motifs is 1. The summed E-state index contributed by atoms with van der Waals surface area (Å²) in [5.74, 6) is -0.299. The van der Waals surface area contributed by atoms with Gasteiger partial charge in [0, 0.05) is 0 Å². The molecule has 0 saturated heterocycles. The number of carboxylic acid groups (broad SMARTS) is 1. The molecule has 3 unspecified atom stereocenters. The van der Waals surface area contributed by atoms with Crippen molar-refractivity contribution in [1.29, 1.82) is 0 Å². The highest BCUT2D eigenvalue weighted by molar-refractivity contribution is 5.93. The summed E-state index contributed by atoms with van der Waals surface area (Å²) in [5, 5.41) is 8.60. The number of hydrogen-bond acceptors (Lipinski definition) is 3. The zero-order chi connectivity index (χ0) is 13.5. The Morgan fingerprint density at radius 2 is 1.89 bits per heavy atom. The van der Waals surface area contributed by atoms with Crippen LogP contribution in [-0.2, 0) is 14.3 Å². The summed E-state index contributed by atoms with van der Waals surface area (Å²) in [4.78, 5) is 21.5. The average Bonchev–Trinajstić information content (AvgIpc) is 2.94. The Balaban J connectivity index is 0.000000217. The molecule has 0 aromatic rings. The van der Waals surface area contributed by atoms with Gasteiger partial charge in [0.05, 0.1) is 6.61 Å². The lowest BCUT2D eigenvalue weighted by Crippen LogP contribution is -2.25. The first kappa shape index (κ1) is 15.0. The van der Waals surface area contributed by atoms with Crippen molar-refractivity contribution >= 4 is 11.9 Å². The van der Waals surface area contributed by atoms with Crippen LogP contribution in [0.4, 0.5) is 0 Å². The summed E-state index contributed by atoms with van der Waals surface area (Å²) in [6.45, 7) is 3.71. The van der Waals surface area contributed by atoms with Crippen molar-refractivity contribution in [3.05, 3.63) is 0 Å². The van der Waals surface area contributed by atoms with Crippen LogP contribution in [0.5, 0.6) is 0 Å². The minimum absolute atomic E-state index is 0.228. The maximum absolute atomic E-state index is 11.0. The van der Waals surface area contributed by atoms with Crippen LogP contribution in [0.3, 0.4) is 0 Å². The van der Waals surface area contributed by atoms with Gasteiger partial charge < -0.3 is 9.84 Å². The van der Waals surface area contributed by atoms with E-state index >= 15 is 0 Å². The molecule has 0 heterocycles. The third-order valence-electron chi connectivity index (χ3n) is 3.67. The molecule has 0 spiro atoms. The number of hydrogen-bond donors (Lipinski definition) is 1. The minimum Gasteiger partial charge on any atom is -0.481 e. The molecule has 104 valence electrons.